The summed E-state index contributed by atoms with van der Waals surface area (Å²) in [5.74, 6) is 0.869. The molecule has 0 saturated heterocycles. The lowest BCUT2D eigenvalue weighted by Gasteiger charge is -2.13. The van der Waals surface area contributed by atoms with Crippen LogP contribution in [0.1, 0.15) is 24.5 Å². The van der Waals surface area contributed by atoms with Gasteiger partial charge in [0.25, 0.3) is 0 Å². The van der Waals surface area contributed by atoms with Crippen molar-refractivity contribution in [2.45, 2.75) is 26.3 Å². The second kappa shape index (κ2) is 7.85. The second-order valence-electron chi connectivity index (χ2n) is 4.88. The molecule has 0 heterocycles. The van der Waals surface area contributed by atoms with Crippen molar-refractivity contribution >= 4 is 37.5 Å². The van der Waals surface area contributed by atoms with Gasteiger partial charge in [-0.3, -0.25) is 0 Å². The van der Waals surface area contributed by atoms with E-state index < -0.39 is 0 Å². The Bertz CT molecular complexity index is 596. The van der Waals surface area contributed by atoms with E-state index in [4.69, 9.17) is 4.74 Å². The molecule has 2 nitrogen and oxygen atoms in total. The summed E-state index contributed by atoms with van der Waals surface area (Å²) in [5, 5.41) is 3.44. The summed E-state index contributed by atoms with van der Waals surface area (Å²) in [5.41, 5.74) is 3.61. The van der Waals surface area contributed by atoms with E-state index in [1.165, 1.54) is 12.0 Å². The average molecular weight is 413 g/mol. The fraction of sp³-hybridized carbons (Fsp3) is 0.294. The molecule has 0 fully saturated rings. The van der Waals surface area contributed by atoms with Crippen molar-refractivity contribution in [1.29, 1.82) is 0 Å². The van der Waals surface area contributed by atoms with Crippen molar-refractivity contribution in [3.63, 3.8) is 0 Å². The molecule has 0 aliphatic heterocycles. The zero-order valence-corrected chi connectivity index (χ0v) is 15.4. The van der Waals surface area contributed by atoms with Crippen molar-refractivity contribution in [3.8, 4) is 5.75 Å². The minimum atomic E-state index is 0.717. The molecular weight excluding hydrogens is 394 g/mol. The van der Waals surface area contributed by atoms with Gasteiger partial charge < -0.3 is 10.1 Å². The number of ether oxygens (including phenoxy) is 1. The highest BCUT2D eigenvalue weighted by atomic mass is 79.9. The topological polar surface area (TPSA) is 21.3 Å². The number of aryl methyl sites for hydroxylation is 1. The number of benzene rings is 2. The SMILES string of the molecule is CCCc1ccc(NCc2cc(Br)cc(Br)c2OC)cc1. The maximum atomic E-state index is 5.46. The number of anilines is 1. The summed E-state index contributed by atoms with van der Waals surface area (Å²) < 4.78 is 7.45. The Morgan fingerprint density at radius 3 is 2.43 bits per heavy atom. The van der Waals surface area contributed by atoms with Crippen LogP contribution >= 0.6 is 31.9 Å². The Balaban J connectivity index is 2.09. The lowest BCUT2D eigenvalue weighted by molar-refractivity contribution is 0.407. The summed E-state index contributed by atoms with van der Waals surface area (Å²) in [6.07, 6.45) is 2.31. The lowest BCUT2D eigenvalue weighted by atomic mass is 10.1. The van der Waals surface area contributed by atoms with Gasteiger partial charge in [-0.05, 0) is 52.2 Å². The Morgan fingerprint density at radius 1 is 1.10 bits per heavy atom. The third kappa shape index (κ3) is 4.48. The van der Waals surface area contributed by atoms with Crippen molar-refractivity contribution in [1.82, 2.24) is 0 Å². The molecule has 0 saturated carbocycles. The van der Waals surface area contributed by atoms with Crippen LogP contribution in [-0.4, -0.2) is 7.11 Å². The number of halogens is 2. The third-order valence-electron chi connectivity index (χ3n) is 3.26. The Labute approximate surface area is 143 Å². The molecule has 0 aromatic heterocycles. The average Bonchev–Trinajstić information content (AvgIpc) is 2.46. The van der Waals surface area contributed by atoms with Crippen LogP contribution in [0.4, 0.5) is 5.69 Å². The van der Waals surface area contributed by atoms with E-state index in [9.17, 15) is 0 Å². The standard InChI is InChI=1S/C17H19Br2NO/c1-3-4-12-5-7-15(8-6-12)20-11-13-9-14(18)10-16(19)17(13)21-2/h5-10,20H,3-4,11H2,1-2H3. The van der Waals surface area contributed by atoms with E-state index in [2.05, 4.69) is 74.4 Å². The van der Waals surface area contributed by atoms with Crippen molar-refractivity contribution < 1.29 is 4.74 Å². The number of rotatable bonds is 6. The monoisotopic (exact) mass is 411 g/mol. The molecule has 2 aromatic rings. The first-order valence-electron chi connectivity index (χ1n) is 6.98. The minimum Gasteiger partial charge on any atom is -0.495 e. The lowest BCUT2D eigenvalue weighted by Crippen LogP contribution is -2.02. The minimum absolute atomic E-state index is 0.717. The first-order chi connectivity index (χ1) is 10.1. The molecule has 1 N–H and O–H groups in total. The Kier molecular flexibility index (Phi) is 6.12. The zero-order valence-electron chi connectivity index (χ0n) is 12.2. The molecule has 21 heavy (non-hydrogen) atoms. The Morgan fingerprint density at radius 2 is 1.81 bits per heavy atom. The van der Waals surface area contributed by atoms with Crippen LogP contribution in [0.5, 0.6) is 5.75 Å². The van der Waals surface area contributed by atoms with E-state index in [0.29, 0.717) is 6.54 Å². The maximum absolute atomic E-state index is 5.46. The summed E-state index contributed by atoms with van der Waals surface area (Å²) in [6, 6.07) is 12.7. The van der Waals surface area contributed by atoms with E-state index in [1.807, 2.05) is 6.07 Å². The smallest absolute Gasteiger partial charge is 0.138 e. The van der Waals surface area contributed by atoms with Crippen LogP contribution in [0.3, 0.4) is 0 Å². The van der Waals surface area contributed by atoms with E-state index in [0.717, 1.165) is 32.4 Å². The van der Waals surface area contributed by atoms with Gasteiger partial charge in [-0.15, -0.1) is 0 Å². The molecule has 0 atom stereocenters. The van der Waals surface area contributed by atoms with Crippen LogP contribution in [0.15, 0.2) is 45.3 Å². The highest BCUT2D eigenvalue weighted by molar-refractivity contribution is 9.11. The molecular formula is C17H19Br2NO. The van der Waals surface area contributed by atoms with Gasteiger partial charge in [0.05, 0.1) is 11.6 Å². The van der Waals surface area contributed by atoms with Crippen molar-refractivity contribution in [2.75, 3.05) is 12.4 Å². The van der Waals surface area contributed by atoms with Gasteiger partial charge in [-0.2, -0.15) is 0 Å². The van der Waals surface area contributed by atoms with Gasteiger partial charge in [0.1, 0.15) is 5.75 Å². The van der Waals surface area contributed by atoms with Gasteiger partial charge >= 0.3 is 0 Å². The van der Waals surface area contributed by atoms with Gasteiger partial charge in [0.15, 0.2) is 0 Å². The molecule has 2 rings (SSSR count). The molecule has 0 bridgehead atoms. The highest BCUT2D eigenvalue weighted by Gasteiger charge is 2.09. The molecule has 4 heteroatoms. The van der Waals surface area contributed by atoms with Gasteiger partial charge in [-0.25, -0.2) is 0 Å². The molecule has 0 unspecified atom stereocenters. The van der Waals surface area contributed by atoms with Crippen molar-refractivity contribution in [3.05, 3.63) is 56.5 Å². The number of hydrogen-bond acceptors (Lipinski definition) is 2. The quantitative estimate of drug-likeness (QED) is 0.648. The molecule has 2 aromatic carbocycles. The summed E-state index contributed by atoms with van der Waals surface area (Å²) in [6.45, 7) is 2.91. The van der Waals surface area contributed by atoms with Crippen molar-refractivity contribution in [2.24, 2.45) is 0 Å². The second-order valence-corrected chi connectivity index (χ2v) is 6.65. The fourth-order valence-corrected chi connectivity index (χ4v) is 3.72. The summed E-state index contributed by atoms with van der Waals surface area (Å²) >= 11 is 7.04. The zero-order chi connectivity index (χ0) is 15.2. The van der Waals surface area contributed by atoms with Crippen LogP contribution < -0.4 is 10.1 Å². The van der Waals surface area contributed by atoms with E-state index in [-0.39, 0.29) is 0 Å². The first kappa shape index (κ1) is 16.4. The third-order valence-corrected chi connectivity index (χ3v) is 4.31. The molecule has 0 radical (unpaired) electrons. The van der Waals surface area contributed by atoms with Crippen LogP contribution in [0, 0.1) is 0 Å². The largest absolute Gasteiger partial charge is 0.495 e. The van der Waals surface area contributed by atoms with Gasteiger partial charge in [0, 0.05) is 22.3 Å². The van der Waals surface area contributed by atoms with Crippen LogP contribution in [0.25, 0.3) is 0 Å². The first-order valence-corrected chi connectivity index (χ1v) is 8.57. The normalized spacial score (nSPS) is 10.5. The molecule has 112 valence electrons. The van der Waals surface area contributed by atoms with Gasteiger partial charge in [-0.1, -0.05) is 41.4 Å². The van der Waals surface area contributed by atoms with E-state index >= 15 is 0 Å². The fourth-order valence-electron chi connectivity index (χ4n) is 2.25. The van der Waals surface area contributed by atoms with Gasteiger partial charge in [0.2, 0.25) is 0 Å². The predicted molar refractivity (Wildman–Crippen MR) is 96.2 cm³/mol. The van der Waals surface area contributed by atoms with Crippen LogP contribution in [0.2, 0.25) is 0 Å². The molecule has 0 amide bonds. The molecule has 0 aliphatic carbocycles. The Hall–Kier alpha value is -1.00. The number of methoxy groups -OCH3 is 1. The summed E-state index contributed by atoms with van der Waals surface area (Å²) in [7, 11) is 1.69. The molecule has 0 aliphatic rings. The predicted octanol–water partition coefficient (Wildman–Crippen LogP) is 5.78. The molecule has 0 spiro atoms. The maximum Gasteiger partial charge on any atom is 0.138 e. The van der Waals surface area contributed by atoms with E-state index in [1.54, 1.807) is 7.11 Å². The highest BCUT2D eigenvalue weighted by Crippen LogP contribution is 2.33. The summed E-state index contributed by atoms with van der Waals surface area (Å²) in [4.78, 5) is 0. The van der Waals surface area contributed by atoms with Crippen LogP contribution in [-0.2, 0) is 13.0 Å². The number of hydrogen-bond donors (Lipinski definition) is 1. The number of nitrogens with one attached hydrogen (secondary N) is 1.